The van der Waals surface area contributed by atoms with Crippen molar-refractivity contribution in [1.29, 1.82) is 0 Å². The van der Waals surface area contributed by atoms with Crippen LogP contribution in [0.5, 0.6) is 0 Å². The third kappa shape index (κ3) is 3.19. The summed E-state index contributed by atoms with van der Waals surface area (Å²) in [6.45, 7) is -0.153. The summed E-state index contributed by atoms with van der Waals surface area (Å²) in [6.07, 6.45) is 6.17. The highest BCUT2D eigenvalue weighted by atomic mass is 32.1. The van der Waals surface area contributed by atoms with Gasteiger partial charge in [0.2, 0.25) is 5.91 Å². The van der Waals surface area contributed by atoms with Crippen LogP contribution in [-0.2, 0) is 11.4 Å². The number of carbonyl (C=O) groups excluding carboxylic acids is 1. The largest absolute Gasteiger partial charge is 0.392 e. The lowest BCUT2D eigenvalue weighted by atomic mass is 10.2. The number of aromatic nitrogens is 2. The second-order valence-electron chi connectivity index (χ2n) is 4.53. The van der Waals surface area contributed by atoms with Crippen LogP contribution in [0, 0.1) is 0 Å². The lowest BCUT2D eigenvalue weighted by Crippen LogP contribution is -2.10. The van der Waals surface area contributed by atoms with Crippen LogP contribution in [0.1, 0.15) is 10.6 Å². The minimum atomic E-state index is -0.290. The molecule has 0 saturated heterocycles. The van der Waals surface area contributed by atoms with Gasteiger partial charge in [0.05, 0.1) is 28.7 Å². The van der Waals surface area contributed by atoms with Crippen LogP contribution in [0.25, 0.3) is 16.3 Å². The first-order valence-corrected chi connectivity index (χ1v) is 7.46. The van der Waals surface area contributed by atoms with Crippen LogP contribution >= 0.6 is 11.3 Å². The van der Waals surface area contributed by atoms with Gasteiger partial charge in [-0.25, -0.2) is 4.98 Å². The molecule has 0 saturated carbocycles. The van der Waals surface area contributed by atoms with Crippen LogP contribution in [-0.4, -0.2) is 21.0 Å². The van der Waals surface area contributed by atoms with E-state index in [0.29, 0.717) is 11.3 Å². The van der Waals surface area contributed by atoms with Gasteiger partial charge in [-0.2, -0.15) is 0 Å². The molecule has 0 fully saturated rings. The minimum Gasteiger partial charge on any atom is -0.392 e. The molecule has 0 spiro atoms. The molecule has 110 valence electrons. The summed E-state index contributed by atoms with van der Waals surface area (Å²) >= 11 is 1.52. The molecule has 0 atom stereocenters. The first-order chi connectivity index (χ1) is 10.8. The highest BCUT2D eigenvalue weighted by molar-refractivity contribution is 7.19. The number of carbonyl (C=O) groups is 1. The van der Waals surface area contributed by atoms with Gasteiger partial charge in [-0.1, -0.05) is 12.1 Å². The number of anilines is 1. The average molecular weight is 311 g/mol. The molecular formula is C16H13N3O2S. The lowest BCUT2D eigenvalue weighted by Gasteiger charge is -2.05. The van der Waals surface area contributed by atoms with E-state index < -0.39 is 0 Å². The molecule has 5 nitrogen and oxygen atoms in total. The van der Waals surface area contributed by atoms with Crippen molar-refractivity contribution in [1.82, 2.24) is 9.97 Å². The molecule has 2 N–H and O–H groups in total. The van der Waals surface area contributed by atoms with E-state index in [4.69, 9.17) is 0 Å². The van der Waals surface area contributed by atoms with Crippen molar-refractivity contribution in [2.24, 2.45) is 0 Å². The third-order valence-electron chi connectivity index (χ3n) is 3.03. The SMILES string of the molecule is O=C(/C=C/c1nc2ccccc2s1)Nc1cnccc1CO. The van der Waals surface area contributed by atoms with Crippen LogP contribution in [0.3, 0.4) is 0 Å². The maximum absolute atomic E-state index is 11.9. The fraction of sp³-hybridized carbons (Fsp3) is 0.0625. The minimum absolute atomic E-state index is 0.153. The summed E-state index contributed by atoms with van der Waals surface area (Å²) in [5.74, 6) is -0.290. The molecule has 6 heteroatoms. The maximum Gasteiger partial charge on any atom is 0.248 e. The molecule has 0 unspecified atom stereocenters. The van der Waals surface area contributed by atoms with Crippen LogP contribution in [0.4, 0.5) is 5.69 Å². The number of pyridine rings is 1. The van der Waals surface area contributed by atoms with E-state index in [2.05, 4.69) is 15.3 Å². The molecule has 2 heterocycles. The van der Waals surface area contributed by atoms with Gasteiger partial charge in [0.1, 0.15) is 5.01 Å². The van der Waals surface area contributed by atoms with Gasteiger partial charge in [-0.3, -0.25) is 9.78 Å². The van der Waals surface area contributed by atoms with Gasteiger partial charge in [-0.05, 0) is 24.3 Å². The summed E-state index contributed by atoms with van der Waals surface area (Å²) in [5.41, 5.74) is 2.04. The van der Waals surface area contributed by atoms with Crippen molar-refractivity contribution < 1.29 is 9.90 Å². The predicted molar refractivity (Wildman–Crippen MR) is 87.4 cm³/mol. The molecule has 2 aromatic heterocycles. The van der Waals surface area contributed by atoms with E-state index >= 15 is 0 Å². The molecule has 0 aliphatic carbocycles. The fourth-order valence-corrected chi connectivity index (χ4v) is 2.83. The molecular weight excluding hydrogens is 298 g/mol. The maximum atomic E-state index is 11.9. The number of thiazole rings is 1. The summed E-state index contributed by atoms with van der Waals surface area (Å²) in [7, 11) is 0. The van der Waals surface area contributed by atoms with E-state index in [1.54, 1.807) is 18.3 Å². The van der Waals surface area contributed by atoms with Gasteiger partial charge in [0.25, 0.3) is 0 Å². The van der Waals surface area contributed by atoms with E-state index in [1.165, 1.54) is 23.6 Å². The van der Waals surface area contributed by atoms with E-state index in [-0.39, 0.29) is 12.5 Å². The number of benzene rings is 1. The normalized spacial score (nSPS) is 11.1. The highest BCUT2D eigenvalue weighted by Crippen LogP contribution is 2.22. The standard InChI is InChI=1S/C16H13N3O2S/c20-10-11-7-8-17-9-13(11)18-15(21)5-6-16-19-12-3-1-2-4-14(12)22-16/h1-9,20H,10H2,(H,18,21)/b6-5+. The number of fused-ring (bicyclic) bond motifs is 1. The smallest absolute Gasteiger partial charge is 0.248 e. The van der Waals surface area contributed by atoms with Crippen LogP contribution in [0.15, 0.2) is 48.8 Å². The molecule has 22 heavy (non-hydrogen) atoms. The van der Waals surface area contributed by atoms with E-state index in [9.17, 15) is 9.90 Å². The summed E-state index contributed by atoms with van der Waals surface area (Å²) in [4.78, 5) is 20.3. The number of nitrogens with one attached hydrogen (secondary N) is 1. The number of para-hydroxylation sites is 1. The Hall–Kier alpha value is -2.57. The lowest BCUT2D eigenvalue weighted by molar-refractivity contribution is -0.111. The Balaban J connectivity index is 1.73. The summed E-state index contributed by atoms with van der Waals surface area (Å²) < 4.78 is 1.08. The zero-order valence-corrected chi connectivity index (χ0v) is 12.4. The molecule has 0 aliphatic rings. The predicted octanol–water partition coefficient (Wildman–Crippen LogP) is 2.84. The quantitative estimate of drug-likeness (QED) is 0.727. The topological polar surface area (TPSA) is 75.1 Å². The first kappa shape index (κ1) is 14.4. The number of amides is 1. The fourth-order valence-electron chi connectivity index (χ4n) is 1.96. The Morgan fingerprint density at radius 2 is 2.18 bits per heavy atom. The second-order valence-corrected chi connectivity index (χ2v) is 5.60. The number of hydrogen-bond donors (Lipinski definition) is 2. The Morgan fingerprint density at radius 1 is 1.32 bits per heavy atom. The summed E-state index contributed by atoms with van der Waals surface area (Å²) in [5, 5.41) is 12.7. The second kappa shape index (κ2) is 6.46. The monoisotopic (exact) mass is 311 g/mol. The van der Waals surface area contributed by atoms with Gasteiger partial charge < -0.3 is 10.4 Å². The molecule has 1 aromatic carbocycles. The van der Waals surface area contributed by atoms with Gasteiger partial charge in [0.15, 0.2) is 0 Å². The van der Waals surface area contributed by atoms with Gasteiger partial charge >= 0.3 is 0 Å². The highest BCUT2D eigenvalue weighted by Gasteiger charge is 2.05. The number of aliphatic hydroxyl groups excluding tert-OH is 1. The van der Waals surface area contributed by atoms with Crippen molar-refractivity contribution in [3.05, 3.63) is 59.4 Å². The molecule has 0 bridgehead atoms. The number of rotatable bonds is 4. The molecule has 0 aliphatic heterocycles. The number of nitrogens with zero attached hydrogens (tertiary/aromatic N) is 2. The number of aliphatic hydroxyl groups is 1. The first-order valence-electron chi connectivity index (χ1n) is 6.64. The van der Waals surface area contributed by atoms with Gasteiger partial charge in [-0.15, -0.1) is 11.3 Å². The van der Waals surface area contributed by atoms with Crippen molar-refractivity contribution in [2.75, 3.05) is 5.32 Å². The zero-order chi connectivity index (χ0) is 15.4. The van der Waals surface area contributed by atoms with E-state index in [0.717, 1.165) is 15.2 Å². The van der Waals surface area contributed by atoms with Crippen LogP contribution in [0.2, 0.25) is 0 Å². The zero-order valence-electron chi connectivity index (χ0n) is 11.6. The Morgan fingerprint density at radius 3 is 3.00 bits per heavy atom. The van der Waals surface area contributed by atoms with Crippen molar-refractivity contribution in [3.8, 4) is 0 Å². The van der Waals surface area contributed by atoms with Gasteiger partial charge in [0, 0.05) is 17.8 Å². The molecule has 3 aromatic rings. The van der Waals surface area contributed by atoms with Crippen molar-refractivity contribution in [2.45, 2.75) is 6.61 Å². The third-order valence-corrected chi connectivity index (χ3v) is 4.03. The van der Waals surface area contributed by atoms with Crippen molar-refractivity contribution in [3.63, 3.8) is 0 Å². The Kier molecular flexibility index (Phi) is 4.22. The average Bonchev–Trinajstić information content (AvgIpc) is 2.96. The molecule has 0 radical (unpaired) electrons. The number of hydrogen-bond acceptors (Lipinski definition) is 5. The van der Waals surface area contributed by atoms with E-state index in [1.807, 2.05) is 24.3 Å². The summed E-state index contributed by atoms with van der Waals surface area (Å²) in [6, 6.07) is 9.48. The molecule has 1 amide bonds. The van der Waals surface area contributed by atoms with Crippen LogP contribution < -0.4 is 5.32 Å². The van der Waals surface area contributed by atoms with Crippen molar-refractivity contribution >= 4 is 39.2 Å². The molecule has 3 rings (SSSR count). The Labute approximate surface area is 131 Å². The Bertz CT molecular complexity index is 809.